The summed E-state index contributed by atoms with van der Waals surface area (Å²) in [6.45, 7) is 2.68. The van der Waals surface area contributed by atoms with Crippen molar-refractivity contribution in [3.05, 3.63) is 100 Å². The van der Waals surface area contributed by atoms with Gasteiger partial charge in [0.15, 0.2) is 0 Å². The lowest BCUT2D eigenvalue weighted by Gasteiger charge is -2.35. The van der Waals surface area contributed by atoms with E-state index in [0.717, 1.165) is 4.57 Å². The lowest BCUT2D eigenvalue weighted by Crippen LogP contribution is -2.49. The van der Waals surface area contributed by atoms with E-state index in [9.17, 15) is 22.4 Å². The predicted molar refractivity (Wildman–Crippen MR) is 155 cm³/mol. The van der Waals surface area contributed by atoms with E-state index in [-0.39, 0.29) is 47.0 Å². The molecular weight excluding hydrogens is 555 g/mol. The fourth-order valence-corrected chi connectivity index (χ4v) is 6.85. The number of pyridine rings is 1. The summed E-state index contributed by atoms with van der Waals surface area (Å²) in [6, 6.07) is 19.7. The third-order valence-corrected chi connectivity index (χ3v) is 9.21. The van der Waals surface area contributed by atoms with Gasteiger partial charge in [0.2, 0.25) is 15.9 Å². The molecule has 3 aromatic carbocycles. The number of nitrogens with zero attached hydrogens (tertiary/aromatic N) is 4. The zero-order valence-electron chi connectivity index (χ0n) is 21.8. The zero-order valence-corrected chi connectivity index (χ0v) is 23.4. The van der Waals surface area contributed by atoms with Gasteiger partial charge < -0.3 is 14.4 Å². The summed E-state index contributed by atoms with van der Waals surface area (Å²) in [5.74, 6) is -0.746. The van der Waals surface area contributed by atoms with Gasteiger partial charge in [0.25, 0.3) is 5.56 Å². The summed E-state index contributed by atoms with van der Waals surface area (Å²) in [7, 11) is -4.05. The molecule has 0 unspecified atom stereocenters. The van der Waals surface area contributed by atoms with Gasteiger partial charge in [-0.3, -0.25) is 9.59 Å². The second-order valence-electron chi connectivity index (χ2n) is 9.43. The van der Waals surface area contributed by atoms with E-state index >= 15 is 0 Å². The van der Waals surface area contributed by atoms with E-state index in [1.165, 1.54) is 21.5 Å². The Morgan fingerprint density at radius 2 is 1.62 bits per heavy atom. The minimum Gasteiger partial charge on any atom is -0.367 e. The first-order chi connectivity index (χ1) is 19.2. The van der Waals surface area contributed by atoms with Crippen molar-refractivity contribution in [2.24, 2.45) is 0 Å². The Morgan fingerprint density at radius 3 is 2.30 bits per heavy atom. The zero-order chi connectivity index (χ0) is 28.4. The minimum absolute atomic E-state index is 0.0550. The van der Waals surface area contributed by atoms with E-state index in [1.54, 1.807) is 73.7 Å². The molecule has 1 aromatic heterocycles. The van der Waals surface area contributed by atoms with Crippen molar-refractivity contribution in [1.82, 2.24) is 8.87 Å². The van der Waals surface area contributed by atoms with Gasteiger partial charge in [-0.1, -0.05) is 48.0 Å². The number of carbonyl (C=O) groups is 1. The Hall–Kier alpha value is -3.73. The van der Waals surface area contributed by atoms with E-state index in [4.69, 9.17) is 11.6 Å². The topological polar surface area (TPSA) is 82.9 Å². The largest absolute Gasteiger partial charge is 0.367 e. The number of sulfonamides is 1. The normalized spacial score (nSPS) is 14.4. The van der Waals surface area contributed by atoms with Gasteiger partial charge in [0.1, 0.15) is 17.3 Å². The van der Waals surface area contributed by atoms with Crippen LogP contribution < -0.4 is 15.4 Å². The number of para-hydroxylation sites is 1. The average molecular weight is 583 g/mol. The highest BCUT2D eigenvalue weighted by Crippen LogP contribution is 2.27. The number of carbonyl (C=O) groups excluding carboxylic acids is 1. The number of likely N-dealkylation sites (N-methyl/N-ethyl adjacent to an activating group) is 1. The maximum absolute atomic E-state index is 14.3. The summed E-state index contributed by atoms with van der Waals surface area (Å²) in [6.07, 6.45) is 1.26. The second-order valence-corrected chi connectivity index (χ2v) is 11.8. The van der Waals surface area contributed by atoms with Gasteiger partial charge in [-0.25, -0.2) is 12.8 Å². The first-order valence-corrected chi connectivity index (χ1v) is 14.7. The number of aromatic nitrogens is 1. The van der Waals surface area contributed by atoms with Crippen molar-refractivity contribution >= 4 is 49.7 Å². The summed E-state index contributed by atoms with van der Waals surface area (Å²) in [4.78, 5) is 30.0. The molecule has 0 aliphatic carbocycles. The average Bonchev–Trinajstić information content (AvgIpc) is 2.95. The third kappa shape index (κ3) is 5.34. The Kier molecular flexibility index (Phi) is 7.93. The maximum atomic E-state index is 14.3. The highest BCUT2D eigenvalue weighted by molar-refractivity contribution is 7.89. The number of amides is 1. The molecule has 8 nitrogen and oxygen atoms in total. The van der Waals surface area contributed by atoms with Crippen molar-refractivity contribution in [3.8, 4) is 0 Å². The Balaban J connectivity index is 1.47. The minimum atomic E-state index is -4.05. The summed E-state index contributed by atoms with van der Waals surface area (Å²) >= 11 is 6.11. The number of benzene rings is 3. The van der Waals surface area contributed by atoms with Crippen LogP contribution in [0.15, 0.2) is 88.7 Å². The van der Waals surface area contributed by atoms with Crippen molar-refractivity contribution in [2.75, 3.05) is 42.5 Å². The fourth-order valence-electron chi connectivity index (χ4n) is 5.03. The molecule has 2 heterocycles. The van der Waals surface area contributed by atoms with Crippen LogP contribution in [0, 0.1) is 5.82 Å². The molecule has 1 aliphatic heterocycles. The van der Waals surface area contributed by atoms with Crippen LogP contribution in [0.4, 0.5) is 15.8 Å². The molecule has 0 atom stereocenters. The lowest BCUT2D eigenvalue weighted by atomic mass is 10.2. The van der Waals surface area contributed by atoms with Crippen LogP contribution in [0.2, 0.25) is 5.02 Å². The highest BCUT2D eigenvalue weighted by atomic mass is 35.5. The van der Waals surface area contributed by atoms with Crippen molar-refractivity contribution in [2.45, 2.75) is 18.4 Å². The molecule has 0 radical (unpaired) electrons. The number of anilines is 2. The van der Waals surface area contributed by atoms with Crippen molar-refractivity contribution in [3.63, 3.8) is 0 Å². The highest BCUT2D eigenvalue weighted by Gasteiger charge is 2.32. The molecule has 1 fully saturated rings. The molecule has 0 bridgehead atoms. The van der Waals surface area contributed by atoms with Gasteiger partial charge in [0, 0.05) is 60.4 Å². The first-order valence-electron chi connectivity index (χ1n) is 12.9. The molecule has 1 saturated heterocycles. The standard InChI is InChI=1S/C29H28ClFN4O4S/c1-2-35(22-9-7-8-21(30)18-22)28(36)20-33-19-27(23-10-3-4-11-24(23)29(33)37)40(38,39)34-16-14-32(15-17-34)26-13-6-5-12-25(26)31/h3-13,18-19H,2,14-17,20H2,1H3. The SMILES string of the molecule is CCN(C(=O)Cn1cc(S(=O)(=O)N2CCN(c3ccccc3F)CC2)c2ccccc2c1=O)c1cccc(Cl)c1. The number of halogens is 2. The van der Waals surface area contributed by atoms with E-state index < -0.39 is 15.6 Å². The van der Waals surface area contributed by atoms with Gasteiger partial charge in [0.05, 0.1) is 5.69 Å². The van der Waals surface area contributed by atoms with Crippen LogP contribution >= 0.6 is 11.6 Å². The molecule has 4 aromatic rings. The maximum Gasteiger partial charge on any atom is 0.258 e. The van der Waals surface area contributed by atoms with Gasteiger partial charge in [-0.15, -0.1) is 0 Å². The summed E-state index contributed by atoms with van der Waals surface area (Å²) < 4.78 is 44.6. The lowest BCUT2D eigenvalue weighted by molar-refractivity contribution is -0.119. The first kappa shape index (κ1) is 27.8. The number of hydrogen-bond donors (Lipinski definition) is 0. The van der Waals surface area contributed by atoms with Crippen LogP contribution in [-0.2, 0) is 21.4 Å². The molecule has 11 heteroatoms. The predicted octanol–water partition coefficient (Wildman–Crippen LogP) is 4.36. The van der Waals surface area contributed by atoms with Crippen LogP contribution in [0.25, 0.3) is 10.8 Å². The quantitative estimate of drug-likeness (QED) is 0.323. The fraction of sp³-hybridized carbons (Fsp3) is 0.241. The van der Waals surface area contributed by atoms with E-state index in [0.29, 0.717) is 36.0 Å². The molecule has 208 valence electrons. The monoisotopic (exact) mass is 582 g/mol. The van der Waals surface area contributed by atoms with Gasteiger partial charge in [-0.2, -0.15) is 4.31 Å². The molecule has 0 spiro atoms. The molecular formula is C29H28ClFN4O4S. The van der Waals surface area contributed by atoms with Crippen LogP contribution in [-0.4, -0.2) is 55.9 Å². The number of piperazine rings is 1. The molecule has 1 aliphatic rings. The molecule has 0 saturated carbocycles. The van der Waals surface area contributed by atoms with Gasteiger partial charge >= 0.3 is 0 Å². The Bertz CT molecular complexity index is 1740. The Morgan fingerprint density at radius 1 is 0.950 bits per heavy atom. The van der Waals surface area contributed by atoms with E-state index in [1.807, 2.05) is 4.90 Å². The number of hydrogen-bond acceptors (Lipinski definition) is 5. The molecule has 1 amide bonds. The molecule has 40 heavy (non-hydrogen) atoms. The summed E-state index contributed by atoms with van der Waals surface area (Å²) in [5.41, 5.74) is 0.543. The van der Waals surface area contributed by atoms with Crippen LogP contribution in [0.3, 0.4) is 0 Å². The van der Waals surface area contributed by atoms with Crippen LogP contribution in [0.1, 0.15) is 6.92 Å². The number of rotatable bonds is 7. The van der Waals surface area contributed by atoms with Crippen molar-refractivity contribution < 1.29 is 17.6 Å². The molecule has 5 rings (SSSR count). The second kappa shape index (κ2) is 11.4. The summed E-state index contributed by atoms with van der Waals surface area (Å²) in [5, 5.41) is 0.956. The van der Waals surface area contributed by atoms with Crippen molar-refractivity contribution in [1.29, 1.82) is 0 Å². The smallest absolute Gasteiger partial charge is 0.258 e. The van der Waals surface area contributed by atoms with Crippen LogP contribution in [0.5, 0.6) is 0 Å². The Labute approximate surface area is 236 Å². The van der Waals surface area contributed by atoms with E-state index in [2.05, 4.69) is 0 Å². The third-order valence-electron chi connectivity index (χ3n) is 7.05. The molecule has 0 N–H and O–H groups in total. The number of fused-ring (bicyclic) bond motifs is 1. The van der Waals surface area contributed by atoms with Gasteiger partial charge in [-0.05, 0) is 43.3 Å².